The molecule has 2 heterocycles. The first kappa shape index (κ1) is 20.9. The summed E-state index contributed by atoms with van der Waals surface area (Å²) in [4.78, 5) is 0. The van der Waals surface area contributed by atoms with E-state index in [-0.39, 0.29) is 16.9 Å². The molecule has 172 valence electrons. The van der Waals surface area contributed by atoms with Gasteiger partial charge in [-0.15, -0.1) is 0 Å². The summed E-state index contributed by atoms with van der Waals surface area (Å²) in [5.41, 5.74) is 2.63. The van der Waals surface area contributed by atoms with Crippen LogP contribution in [0.25, 0.3) is 0 Å². The van der Waals surface area contributed by atoms with Crippen LogP contribution in [-0.4, -0.2) is 40.9 Å². The molecule has 2 saturated heterocycles. The number of rotatable bonds is 0. The molecule has 11 atom stereocenters. The summed E-state index contributed by atoms with van der Waals surface area (Å²) >= 11 is 0. The molecule has 3 saturated carbocycles. The van der Waals surface area contributed by atoms with Crippen molar-refractivity contribution in [1.82, 2.24) is 0 Å². The third-order valence-electron chi connectivity index (χ3n) is 11.2. The molecule has 2 aliphatic heterocycles. The van der Waals surface area contributed by atoms with Crippen LogP contribution in [-0.2, 0) is 9.47 Å². The number of hydrogen-bond acceptors (Lipinski definition) is 4. The van der Waals surface area contributed by atoms with E-state index in [1.54, 1.807) is 0 Å². The third-order valence-corrected chi connectivity index (χ3v) is 11.2. The van der Waals surface area contributed by atoms with Gasteiger partial charge < -0.3 is 19.7 Å². The van der Waals surface area contributed by atoms with Crippen molar-refractivity contribution in [3.05, 3.63) is 23.8 Å². The van der Waals surface area contributed by atoms with Crippen LogP contribution >= 0.6 is 0 Å². The van der Waals surface area contributed by atoms with Crippen molar-refractivity contribution in [1.29, 1.82) is 0 Å². The van der Waals surface area contributed by atoms with Gasteiger partial charge in [0.2, 0.25) is 0 Å². The fourth-order valence-electron chi connectivity index (χ4n) is 9.55. The maximum atomic E-state index is 11.1. The number of aliphatic hydroxyl groups is 2. The Balaban J connectivity index is 1.30. The molecule has 0 radical (unpaired) electrons. The topological polar surface area (TPSA) is 58.9 Å². The molecule has 0 bridgehead atoms. The van der Waals surface area contributed by atoms with Crippen molar-refractivity contribution in [3.8, 4) is 0 Å². The van der Waals surface area contributed by atoms with Gasteiger partial charge in [-0.1, -0.05) is 44.6 Å². The van der Waals surface area contributed by atoms with E-state index in [9.17, 15) is 10.2 Å². The Kier molecular flexibility index (Phi) is 4.50. The largest absolute Gasteiger partial charge is 0.393 e. The Morgan fingerprint density at radius 3 is 2.68 bits per heavy atom. The minimum Gasteiger partial charge on any atom is -0.393 e. The Labute approximate surface area is 187 Å². The average Bonchev–Trinajstić information content (AvgIpc) is 3.16. The number of ether oxygens (including phenoxy) is 2. The fourth-order valence-corrected chi connectivity index (χ4v) is 9.55. The van der Waals surface area contributed by atoms with Crippen LogP contribution in [0.2, 0.25) is 0 Å². The van der Waals surface area contributed by atoms with E-state index in [2.05, 4.69) is 33.4 Å². The Morgan fingerprint density at radius 2 is 1.94 bits per heavy atom. The molecule has 6 rings (SSSR count). The van der Waals surface area contributed by atoms with Crippen molar-refractivity contribution in [2.24, 2.45) is 40.4 Å². The van der Waals surface area contributed by atoms with Gasteiger partial charge in [-0.25, -0.2) is 0 Å². The van der Waals surface area contributed by atoms with E-state index < -0.39 is 11.9 Å². The lowest BCUT2D eigenvalue weighted by Crippen LogP contribution is -2.56. The van der Waals surface area contributed by atoms with E-state index in [4.69, 9.17) is 9.47 Å². The van der Waals surface area contributed by atoms with E-state index >= 15 is 0 Å². The zero-order valence-electron chi connectivity index (χ0n) is 19.5. The molecule has 0 unspecified atom stereocenters. The molecule has 0 aromatic heterocycles. The van der Waals surface area contributed by atoms with Crippen LogP contribution in [0.1, 0.15) is 72.1 Å². The van der Waals surface area contributed by atoms with E-state index in [0.717, 1.165) is 32.1 Å². The van der Waals surface area contributed by atoms with Gasteiger partial charge in [0.05, 0.1) is 24.9 Å². The van der Waals surface area contributed by atoms with Crippen molar-refractivity contribution in [2.45, 2.75) is 96.2 Å². The van der Waals surface area contributed by atoms with Gasteiger partial charge in [0, 0.05) is 24.2 Å². The highest BCUT2D eigenvalue weighted by Crippen LogP contribution is 2.70. The van der Waals surface area contributed by atoms with Crippen LogP contribution in [0, 0.1) is 40.4 Å². The standard InChI is InChI=1S/C27H40O4/c1-15-7-10-27(30-14-15)16(2)24-22(31-27)13-21-19-6-5-17-11-18(28)12-23(29)26(17,4)20(19)8-9-25(21,24)3/h5,16,18-24,28-29H,1,6-14H2,2-4H3/t16-,18+,19+,20-,21-,22-,23+,24-,25-,26-,27+/m1/s1. The molecule has 6 aliphatic rings. The maximum absolute atomic E-state index is 11.1. The zero-order valence-corrected chi connectivity index (χ0v) is 19.5. The number of aliphatic hydroxyl groups excluding tert-OH is 2. The van der Waals surface area contributed by atoms with Gasteiger partial charge in [0.25, 0.3) is 0 Å². The van der Waals surface area contributed by atoms with Crippen LogP contribution in [0.4, 0.5) is 0 Å². The summed E-state index contributed by atoms with van der Waals surface area (Å²) in [5.74, 6) is 2.35. The van der Waals surface area contributed by atoms with Gasteiger partial charge in [-0.2, -0.15) is 0 Å². The summed E-state index contributed by atoms with van der Waals surface area (Å²) in [7, 11) is 0. The molecule has 0 aromatic carbocycles. The smallest absolute Gasteiger partial charge is 0.172 e. The van der Waals surface area contributed by atoms with E-state index in [1.165, 1.54) is 24.0 Å². The average molecular weight is 429 g/mol. The number of fused-ring (bicyclic) bond motifs is 7. The molecular formula is C27H40O4. The molecular weight excluding hydrogens is 388 g/mol. The Hall–Kier alpha value is -0.680. The highest BCUT2D eigenvalue weighted by Gasteiger charge is 2.69. The van der Waals surface area contributed by atoms with Crippen LogP contribution in [0.3, 0.4) is 0 Å². The van der Waals surface area contributed by atoms with Crippen molar-refractivity contribution in [2.75, 3.05) is 6.61 Å². The second-order valence-electron chi connectivity index (χ2n) is 12.3. The molecule has 4 aliphatic carbocycles. The van der Waals surface area contributed by atoms with Crippen LogP contribution in [0.5, 0.6) is 0 Å². The normalized spacial score (nSPS) is 58.4. The first-order valence-corrected chi connectivity index (χ1v) is 12.7. The summed E-state index contributed by atoms with van der Waals surface area (Å²) in [6, 6.07) is 0. The predicted octanol–water partition coefficient (Wildman–Crippen LogP) is 4.60. The monoisotopic (exact) mass is 428 g/mol. The lowest BCUT2D eigenvalue weighted by Gasteiger charge is -2.59. The first-order chi connectivity index (χ1) is 14.7. The molecule has 31 heavy (non-hydrogen) atoms. The van der Waals surface area contributed by atoms with Gasteiger partial charge >= 0.3 is 0 Å². The van der Waals surface area contributed by atoms with Gasteiger partial charge in [-0.3, -0.25) is 0 Å². The molecule has 0 amide bonds. The molecule has 1 spiro atoms. The summed E-state index contributed by atoms with van der Waals surface area (Å²) in [5, 5.41) is 21.4. The molecule has 2 N–H and O–H groups in total. The van der Waals surface area contributed by atoms with Gasteiger partial charge in [0.1, 0.15) is 0 Å². The van der Waals surface area contributed by atoms with E-state index in [1.807, 2.05) is 0 Å². The quantitative estimate of drug-likeness (QED) is 0.554. The minimum absolute atomic E-state index is 0.165. The van der Waals surface area contributed by atoms with Crippen molar-refractivity contribution in [3.63, 3.8) is 0 Å². The Morgan fingerprint density at radius 1 is 1.13 bits per heavy atom. The lowest BCUT2D eigenvalue weighted by molar-refractivity contribution is -0.255. The molecule has 5 fully saturated rings. The van der Waals surface area contributed by atoms with Crippen molar-refractivity contribution >= 4 is 0 Å². The third kappa shape index (κ3) is 2.62. The fraction of sp³-hybridized carbons (Fsp3) is 0.852. The second kappa shape index (κ2) is 6.68. The predicted molar refractivity (Wildman–Crippen MR) is 119 cm³/mol. The van der Waals surface area contributed by atoms with Crippen LogP contribution in [0.15, 0.2) is 23.8 Å². The molecule has 0 aromatic rings. The summed E-state index contributed by atoms with van der Waals surface area (Å²) < 4.78 is 13.2. The lowest BCUT2D eigenvalue weighted by atomic mass is 9.46. The molecule has 4 nitrogen and oxygen atoms in total. The first-order valence-electron chi connectivity index (χ1n) is 12.7. The highest BCUT2D eigenvalue weighted by atomic mass is 16.7. The highest BCUT2D eigenvalue weighted by molar-refractivity contribution is 5.28. The van der Waals surface area contributed by atoms with E-state index in [0.29, 0.717) is 48.7 Å². The second-order valence-corrected chi connectivity index (χ2v) is 12.3. The Bertz CT molecular complexity index is 808. The summed E-state index contributed by atoms with van der Waals surface area (Å²) in [6.45, 7) is 12.0. The van der Waals surface area contributed by atoms with Crippen LogP contribution < -0.4 is 0 Å². The zero-order chi connectivity index (χ0) is 21.8. The number of allylic oxidation sites excluding steroid dienone is 1. The van der Waals surface area contributed by atoms with Gasteiger partial charge in [-0.05, 0) is 67.6 Å². The maximum Gasteiger partial charge on any atom is 0.172 e. The minimum atomic E-state index is -0.428. The van der Waals surface area contributed by atoms with Crippen molar-refractivity contribution < 1.29 is 19.7 Å². The number of hydrogen-bond donors (Lipinski definition) is 2. The summed E-state index contributed by atoms with van der Waals surface area (Å²) in [6.07, 6.45) is 9.75. The molecule has 4 heteroatoms. The SMILES string of the molecule is C=C1CC[C@]2(OC1)O[C@@H]1C[C@@H]3[C@H]4CC=C5C[C@H](O)C[C@H](O)[C@@]5(C)[C@@H]4CC[C@@]3(C)[C@@H]1[C@H]2C. The van der Waals surface area contributed by atoms with Gasteiger partial charge in [0.15, 0.2) is 5.79 Å².